The zero-order chi connectivity index (χ0) is 21.5. The molecule has 0 aromatic heterocycles. The second-order valence-electron chi connectivity index (χ2n) is 9.06. The standard InChI is InChI=1S/C24H37N5O2/c1-25-24(29-17-20-6-2-3-7-21(20)18-29)26-16-19-5-4-8-22(15-19)27-23(30)9-10-28-11-13-31-14-12-28/h4-5,8,15,20-21H,2-3,6-7,9-14,16-18H2,1H3,(H,25,26)(H,27,30). The Bertz CT molecular complexity index is 748. The molecule has 1 aromatic rings. The van der Waals surface area contributed by atoms with E-state index >= 15 is 0 Å². The number of amides is 1. The van der Waals surface area contributed by atoms with Gasteiger partial charge in [-0.2, -0.15) is 0 Å². The lowest BCUT2D eigenvalue weighted by Gasteiger charge is -2.26. The molecule has 2 aliphatic heterocycles. The summed E-state index contributed by atoms with van der Waals surface area (Å²) in [6, 6.07) is 8.10. The summed E-state index contributed by atoms with van der Waals surface area (Å²) in [5.74, 6) is 2.73. The number of nitrogens with zero attached hydrogens (tertiary/aromatic N) is 3. The maximum Gasteiger partial charge on any atom is 0.225 e. The first kappa shape index (κ1) is 22.1. The van der Waals surface area contributed by atoms with Crippen LogP contribution in [-0.4, -0.2) is 74.7 Å². The number of likely N-dealkylation sites (tertiary alicyclic amines) is 1. The lowest BCUT2D eigenvalue weighted by molar-refractivity contribution is -0.116. The third-order valence-corrected chi connectivity index (χ3v) is 6.91. The molecule has 2 heterocycles. The normalized spacial score (nSPS) is 24.7. The van der Waals surface area contributed by atoms with Gasteiger partial charge in [0.2, 0.25) is 5.91 Å². The number of nitrogens with one attached hydrogen (secondary N) is 2. The van der Waals surface area contributed by atoms with Crippen molar-refractivity contribution in [1.29, 1.82) is 0 Å². The van der Waals surface area contributed by atoms with Crippen LogP contribution in [0.25, 0.3) is 0 Å². The van der Waals surface area contributed by atoms with E-state index in [-0.39, 0.29) is 5.91 Å². The minimum absolute atomic E-state index is 0.0621. The topological polar surface area (TPSA) is 69.2 Å². The van der Waals surface area contributed by atoms with Gasteiger partial charge in [0.1, 0.15) is 0 Å². The van der Waals surface area contributed by atoms with Gasteiger partial charge in [0.25, 0.3) is 0 Å². The molecule has 1 saturated carbocycles. The van der Waals surface area contributed by atoms with Gasteiger partial charge in [-0.3, -0.25) is 14.7 Å². The van der Waals surface area contributed by atoms with Crippen LogP contribution < -0.4 is 10.6 Å². The first-order valence-electron chi connectivity index (χ1n) is 11.9. The van der Waals surface area contributed by atoms with Crippen molar-refractivity contribution >= 4 is 17.6 Å². The highest BCUT2D eigenvalue weighted by molar-refractivity contribution is 5.90. The van der Waals surface area contributed by atoms with Crippen LogP contribution in [0.2, 0.25) is 0 Å². The number of morpholine rings is 1. The Morgan fingerprint density at radius 2 is 1.90 bits per heavy atom. The van der Waals surface area contributed by atoms with E-state index in [0.29, 0.717) is 13.0 Å². The van der Waals surface area contributed by atoms with E-state index in [0.717, 1.165) is 75.0 Å². The SMILES string of the molecule is CN=C(NCc1cccc(NC(=O)CCN2CCOCC2)c1)N1CC2CCCCC2C1. The molecule has 0 radical (unpaired) electrons. The van der Waals surface area contributed by atoms with Gasteiger partial charge >= 0.3 is 0 Å². The van der Waals surface area contributed by atoms with Crippen molar-refractivity contribution in [2.24, 2.45) is 16.8 Å². The van der Waals surface area contributed by atoms with E-state index in [1.54, 1.807) is 0 Å². The number of rotatable bonds is 6. The highest BCUT2D eigenvalue weighted by Gasteiger charge is 2.35. The van der Waals surface area contributed by atoms with E-state index in [2.05, 4.69) is 37.6 Å². The number of carbonyl (C=O) groups excluding carboxylic acids is 1. The number of hydrogen-bond acceptors (Lipinski definition) is 4. The predicted molar refractivity (Wildman–Crippen MR) is 124 cm³/mol. The first-order valence-corrected chi connectivity index (χ1v) is 11.9. The van der Waals surface area contributed by atoms with E-state index in [4.69, 9.17) is 4.74 Å². The third kappa shape index (κ3) is 6.20. The Balaban J connectivity index is 1.24. The zero-order valence-corrected chi connectivity index (χ0v) is 18.8. The van der Waals surface area contributed by atoms with E-state index in [1.807, 2.05) is 19.2 Å². The zero-order valence-electron chi connectivity index (χ0n) is 18.8. The quantitative estimate of drug-likeness (QED) is 0.539. The number of guanidine groups is 1. The predicted octanol–water partition coefficient (Wildman–Crippen LogP) is 2.54. The van der Waals surface area contributed by atoms with Gasteiger partial charge < -0.3 is 20.3 Å². The van der Waals surface area contributed by atoms with Crippen LogP contribution in [0.5, 0.6) is 0 Å². The minimum Gasteiger partial charge on any atom is -0.379 e. The van der Waals surface area contributed by atoms with Crippen molar-refractivity contribution < 1.29 is 9.53 Å². The monoisotopic (exact) mass is 427 g/mol. The Morgan fingerprint density at radius 3 is 2.61 bits per heavy atom. The molecule has 7 nitrogen and oxygen atoms in total. The maximum atomic E-state index is 12.4. The fraction of sp³-hybridized carbons (Fsp3) is 0.667. The Kier molecular flexibility index (Phi) is 7.81. The van der Waals surface area contributed by atoms with Crippen LogP contribution >= 0.6 is 0 Å². The third-order valence-electron chi connectivity index (χ3n) is 6.91. The molecule has 1 amide bonds. The molecule has 0 bridgehead atoms. The fourth-order valence-electron chi connectivity index (χ4n) is 5.16. The van der Waals surface area contributed by atoms with Crippen molar-refractivity contribution in [3.63, 3.8) is 0 Å². The van der Waals surface area contributed by atoms with Crippen molar-refractivity contribution in [3.05, 3.63) is 29.8 Å². The average molecular weight is 428 g/mol. The van der Waals surface area contributed by atoms with Gasteiger partial charge in [-0.05, 0) is 42.4 Å². The van der Waals surface area contributed by atoms with E-state index in [1.165, 1.54) is 25.7 Å². The van der Waals surface area contributed by atoms with Gasteiger partial charge in [0, 0.05) is 58.4 Å². The molecule has 1 aromatic carbocycles. The van der Waals surface area contributed by atoms with E-state index in [9.17, 15) is 4.79 Å². The summed E-state index contributed by atoms with van der Waals surface area (Å²) in [4.78, 5) is 21.6. The molecule has 3 aliphatic rings. The van der Waals surface area contributed by atoms with Gasteiger partial charge in [-0.15, -0.1) is 0 Å². The molecule has 1 aliphatic carbocycles. The largest absolute Gasteiger partial charge is 0.379 e. The average Bonchev–Trinajstić information content (AvgIpc) is 3.23. The Labute approximate surface area is 186 Å². The van der Waals surface area contributed by atoms with Crippen LogP contribution in [-0.2, 0) is 16.1 Å². The molecule has 3 fully saturated rings. The van der Waals surface area contributed by atoms with Gasteiger partial charge in [0.05, 0.1) is 13.2 Å². The Hall–Kier alpha value is -2.12. The highest BCUT2D eigenvalue weighted by Crippen LogP contribution is 2.35. The summed E-state index contributed by atoms with van der Waals surface area (Å²) >= 11 is 0. The molecule has 2 unspecified atom stereocenters. The molecule has 2 saturated heterocycles. The summed E-state index contributed by atoms with van der Waals surface area (Å²) in [5.41, 5.74) is 2.00. The first-order chi connectivity index (χ1) is 15.2. The summed E-state index contributed by atoms with van der Waals surface area (Å²) in [5, 5.41) is 6.58. The summed E-state index contributed by atoms with van der Waals surface area (Å²) in [7, 11) is 1.87. The lowest BCUT2D eigenvalue weighted by Crippen LogP contribution is -2.39. The smallest absolute Gasteiger partial charge is 0.225 e. The summed E-state index contributed by atoms with van der Waals surface area (Å²) in [6.45, 7) is 7.09. The second kappa shape index (κ2) is 11.0. The summed E-state index contributed by atoms with van der Waals surface area (Å²) in [6.07, 6.45) is 6.00. The van der Waals surface area contributed by atoms with E-state index < -0.39 is 0 Å². The highest BCUT2D eigenvalue weighted by atomic mass is 16.5. The molecule has 2 atom stereocenters. The van der Waals surface area contributed by atoms with Crippen LogP contribution in [0.3, 0.4) is 0 Å². The molecule has 4 rings (SSSR count). The molecule has 7 heteroatoms. The second-order valence-corrected chi connectivity index (χ2v) is 9.06. The molecule has 0 spiro atoms. The molecular formula is C24H37N5O2. The van der Waals surface area contributed by atoms with Crippen molar-refractivity contribution in [1.82, 2.24) is 15.1 Å². The lowest BCUT2D eigenvalue weighted by atomic mass is 9.82. The van der Waals surface area contributed by atoms with Crippen molar-refractivity contribution in [2.45, 2.75) is 38.6 Å². The number of benzene rings is 1. The van der Waals surface area contributed by atoms with Crippen molar-refractivity contribution in [3.8, 4) is 0 Å². The summed E-state index contributed by atoms with van der Waals surface area (Å²) < 4.78 is 5.36. The number of aliphatic imine (C=N–C) groups is 1. The van der Waals surface area contributed by atoms with Gasteiger partial charge in [-0.1, -0.05) is 25.0 Å². The number of hydrogen-bond donors (Lipinski definition) is 2. The number of fused-ring (bicyclic) bond motifs is 1. The van der Waals surface area contributed by atoms with Gasteiger partial charge in [0.15, 0.2) is 5.96 Å². The van der Waals surface area contributed by atoms with Crippen LogP contribution in [0, 0.1) is 11.8 Å². The molecule has 170 valence electrons. The van der Waals surface area contributed by atoms with Crippen LogP contribution in [0.4, 0.5) is 5.69 Å². The van der Waals surface area contributed by atoms with Crippen LogP contribution in [0.1, 0.15) is 37.7 Å². The Morgan fingerprint density at radius 1 is 1.16 bits per heavy atom. The van der Waals surface area contributed by atoms with Gasteiger partial charge in [-0.25, -0.2) is 0 Å². The maximum absolute atomic E-state index is 12.4. The fourth-order valence-corrected chi connectivity index (χ4v) is 5.16. The van der Waals surface area contributed by atoms with Crippen LogP contribution in [0.15, 0.2) is 29.3 Å². The number of ether oxygens (including phenoxy) is 1. The molecule has 2 N–H and O–H groups in total. The van der Waals surface area contributed by atoms with Crippen molar-refractivity contribution in [2.75, 3.05) is 58.3 Å². The number of carbonyl (C=O) groups is 1. The molecule has 31 heavy (non-hydrogen) atoms. The minimum atomic E-state index is 0.0621. The molecular weight excluding hydrogens is 390 g/mol. The number of anilines is 1.